The van der Waals surface area contributed by atoms with Gasteiger partial charge in [0.1, 0.15) is 5.75 Å². The van der Waals surface area contributed by atoms with Gasteiger partial charge in [-0.05, 0) is 29.2 Å². The predicted octanol–water partition coefficient (Wildman–Crippen LogP) is 3.87. The van der Waals surface area contributed by atoms with Crippen molar-refractivity contribution < 1.29 is 9.53 Å². The quantitative estimate of drug-likeness (QED) is 0.817. The Morgan fingerprint density at radius 3 is 2.96 bits per heavy atom. The van der Waals surface area contributed by atoms with Crippen molar-refractivity contribution in [1.82, 2.24) is 4.90 Å². The van der Waals surface area contributed by atoms with Crippen molar-refractivity contribution in [3.05, 3.63) is 65.2 Å². The van der Waals surface area contributed by atoms with E-state index in [9.17, 15) is 4.79 Å². The maximum Gasteiger partial charge on any atom is 0.232 e. The van der Waals surface area contributed by atoms with E-state index in [2.05, 4.69) is 30.3 Å². The van der Waals surface area contributed by atoms with Gasteiger partial charge in [0.2, 0.25) is 5.91 Å². The maximum absolute atomic E-state index is 12.5. The molecule has 4 rings (SSSR count). The first-order valence-corrected chi connectivity index (χ1v) is 10.1. The average molecular weight is 353 g/mol. The SMILES string of the molecule is O=C(CSCc1ccccc1)N1CC[C@H](c2ccc3c(c2)CCO3)C1. The van der Waals surface area contributed by atoms with Crippen molar-refractivity contribution in [2.45, 2.75) is 24.5 Å². The average Bonchev–Trinajstić information content (AvgIpc) is 3.31. The van der Waals surface area contributed by atoms with Gasteiger partial charge in [0.05, 0.1) is 12.4 Å². The van der Waals surface area contributed by atoms with Gasteiger partial charge in [-0.15, -0.1) is 11.8 Å². The van der Waals surface area contributed by atoms with Crippen LogP contribution in [0.15, 0.2) is 48.5 Å². The Morgan fingerprint density at radius 1 is 1.20 bits per heavy atom. The lowest BCUT2D eigenvalue weighted by Crippen LogP contribution is -2.30. The van der Waals surface area contributed by atoms with Crippen LogP contribution in [0.3, 0.4) is 0 Å². The molecule has 2 aliphatic rings. The zero-order valence-electron chi connectivity index (χ0n) is 14.3. The van der Waals surface area contributed by atoms with Gasteiger partial charge >= 0.3 is 0 Å². The second-order valence-electron chi connectivity index (χ2n) is 6.77. The third-order valence-electron chi connectivity index (χ3n) is 5.06. The summed E-state index contributed by atoms with van der Waals surface area (Å²) in [4.78, 5) is 14.5. The molecule has 0 radical (unpaired) electrons. The molecule has 0 N–H and O–H groups in total. The fourth-order valence-corrected chi connectivity index (χ4v) is 4.53. The summed E-state index contributed by atoms with van der Waals surface area (Å²) in [6.07, 6.45) is 2.07. The molecule has 0 aliphatic carbocycles. The number of hydrogen-bond acceptors (Lipinski definition) is 3. The number of likely N-dealkylation sites (tertiary alicyclic amines) is 1. The number of hydrogen-bond donors (Lipinski definition) is 0. The highest BCUT2D eigenvalue weighted by Gasteiger charge is 2.28. The number of fused-ring (bicyclic) bond motifs is 1. The second-order valence-corrected chi connectivity index (χ2v) is 7.75. The molecule has 0 spiro atoms. The lowest BCUT2D eigenvalue weighted by atomic mass is 9.96. The fourth-order valence-electron chi connectivity index (χ4n) is 3.64. The van der Waals surface area contributed by atoms with Gasteiger partial charge in [0, 0.05) is 31.2 Å². The van der Waals surface area contributed by atoms with Crippen LogP contribution >= 0.6 is 11.8 Å². The predicted molar refractivity (Wildman–Crippen MR) is 102 cm³/mol. The van der Waals surface area contributed by atoms with Crippen molar-refractivity contribution >= 4 is 17.7 Å². The molecule has 2 heterocycles. The van der Waals surface area contributed by atoms with E-state index in [1.807, 2.05) is 23.1 Å². The first kappa shape index (κ1) is 16.5. The van der Waals surface area contributed by atoms with Crippen molar-refractivity contribution in [2.75, 3.05) is 25.4 Å². The summed E-state index contributed by atoms with van der Waals surface area (Å²) >= 11 is 1.71. The minimum absolute atomic E-state index is 0.271. The lowest BCUT2D eigenvalue weighted by molar-refractivity contribution is -0.127. The van der Waals surface area contributed by atoms with Crippen LogP contribution in [-0.4, -0.2) is 36.3 Å². The Hall–Kier alpha value is -1.94. The van der Waals surface area contributed by atoms with E-state index in [1.54, 1.807) is 11.8 Å². The number of rotatable bonds is 5. The van der Waals surface area contributed by atoms with Crippen LogP contribution in [0.4, 0.5) is 0 Å². The molecule has 25 heavy (non-hydrogen) atoms. The Bertz CT molecular complexity index is 747. The van der Waals surface area contributed by atoms with Crippen LogP contribution in [-0.2, 0) is 17.0 Å². The topological polar surface area (TPSA) is 29.5 Å². The molecule has 0 aromatic heterocycles. The molecule has 2 aromatic rings. The highest BCUT2D eigenvalue weighted by Crippen LogP contribution is 2.33. The minimum atomic E-state index is 0.271. The van der Waals surface area contributed by atoms with Crippen LogP contribution in [0.25, 0.3) is 0 Å². The molecular formula is C21H23NO2S. The fraction of sp³-hybridized carbons (Fsp3) is 0.381. The van der Waals surface area contributed by atoms with E-state index < -0.39 is 0 Å². The summed E-state index contributed by atoms with van der Waals surface area (Å²) in [5, 5.41) is 0. The van der Waals surface area contributed by atoms with Crippen LogP contribution in [0.1, 0.15) is 29.0 Å². The number of thioether (sulfide) groups is 1. The summed E-state index contributed by atoms with van der Waals surface area (Å²) in [6.45, 7) is 2.53. The van der Waals surface area contributed by atoms with Crippen molar-refractivity contribution in [1.29, 1.82) is 0 Å². The summed E-state index contributed by atoms with van der Waals surface area (Å²) in [5.41, 5.74) is 3.96. The zero-order chi connectivity index (χ0) is 17.1. The van der Waals surface area contributed by atoms with Gasteiger partial charge in [-0.25, -0.2) is 0 Å². The molecule has 2 aromatic carbocycles. The van der Waals surface area contributed by atoms with Gasteiger partial charge in [-0.3, -0.25) is 4.79 Å². The number of ether oxygens (including phenoxy) is 1. The molecular weight excluding hydrogens is 330 g/mol. The largest absolute Gasteiger partial charge is 0.493 e. The molecule has 1 saturated heterocycles. The highest BCUT2D eigenvalue weighted by atomic mass is 32.2. The lowest BCUT2D eigenvalue weighted by Gasteiger charge is -2.17. The molecule has 1 atom stereocenters. The molecule has 130 valence electrons. The number of benzene rings is 2. The van der Waals surface area contributed by atoms with Gasteiger partial charge in [-0.1, -0.05) is 42.5 Å². The van der Waals surface area contributed by atoms with Crippen LogP contribution in [0.5, 0.6) is 5.75 Å². The Labute approximate surface area is 153 Å². The maximum atomic E-state index is 12.5. The van der Waals surface area contributed by atoms with Crippen LogP contribution in [0, 0.1) is 0 Å². The van der Waals surface area contributed by atoms with E-state index in [1.165, 1.54) is 16.7 Å². The van der Waals surface area contributed by atoms with E-state index in [-0.39, 0.29) is 5.91 Å². The first-order valence-electron chi connectivity index (χ1n) is 8.94. The zero-order valence-corrected chi connectivity index (χ0v) is 15.1. The Kier molecular flexibility index (Phi) is 4.97. The minimum Gasteiger partial charge on any atom is -0.493 e. The summed E-state index contributed by atoms with van der Waals surface area (Å²) in [7, 11) is 0. The summed E-state index contributed by atoms with van der Waals surface area (Å²) in [5.74, 6) is 3.24. The second kappa shape index (κ2) is 7.52. The Balaban J connectivity index is 1.29. The molecule has 2 aliphatic heterocycles. The molecule has 0 saturated carbocycles. The van der Waals surface area contributed by atoms with E-state index in [0.717, 1.165) is 44.0 Å². The van der Waals surface area contributed by atoms with Crippen LogP contribution < -0.4 is 4.74 Å². The van der Waals surface area contributed by atoms with Gasteiger partial charge in [0.25, 0.3) is 0 Å². The highest BCUT2D eigenvalue weighted by molar-refractivity contribution is 7.99. The molecule has 3 nitrogen and oxygen atoms in total. The normalized spacial score (nSPS) is 18.9. The standard InChI is InChI=1S/C21H23NO2S/c23-21(15-25-14-16-4-2-1-3-5-16)22-10-8-19(13-22)17-6-7-20-18(12-17)9-11-24-20/h1-7,12,19H,8-11,13-15H2/t19-/m0/s1. The van der Waals surface area contributed by atoms with Crippen molar-refractivity contribution in [3.63, 3.8) is 0 Å². The molecule has 1 fully saturated rings. The molecule has 4 heteroatoms. The number of carbonyl (C=O) groups excluding carboxylic acids is 1. The van der Waals surface area contributed by atoms with Crippen molar-refractivity contribution in [3.8, 4) is 5.75 Å². The van der Waals surface area contributed by atoms with E-state index in [4.69, 9.17) is 4.74 Å². The van der Waals surface area contributed by atoms with Gasteiger partial charge < -0.3 is 9.64 Å². The molecule has 0 unspecified atom stereocenters. The van der Waals surface area contributed by atoms with Gasteiger partial charge in [0.15, 0.2) is 0 Å². The molecule has 0 bridgehead atoms. The number of amides is 1. The summed E-state index contributed by atoms with van der Waals surface area (Å²) < 4.78 is 5.59. The summed E-state index contributed by atoms with van der Waals surface area (Å²) in [6, 6.07) is 16.9. The van der Waals surface area contributed by atoms with E-state index in [0.29, 0.717) is 11.7 Å². The van der Waals surface area contributed by atoms with Gasteiger partial charge in [-0.2, -0.15) is 0 Å². The Morgan fingerprint density at radius 2 is 2.08 bits per heavy atom. The smallest absolute Gasteiger partial charge is 0.232 e. The monoisotopic (exact) mass is 353 g/mol. The van der Waals surface area contributed by atoms with Crippen LogP contribution in [0.2, 0.25) is 0 Å². The molecule has 1 amide bonds. The van der Waals surface area contributed by atoms with Crippen molar-refractivity contribution in [2.24, 2.45) is 0 Å². The van der Waals surface area contributed by atoms with E-state index >= 15 is 0 Å². The number of carbonyl (C=O) groups is 1. The first-order chi connectivity index (χ1) is 12.3. The third kappa shape index (κ3) is 3.84. The third-order valence-corrected chi connectivity index (χ3v) is 6.05. The number of nitrogens with zero attached hydrogens (tertiary/aromatic N) is 1.